The van der Waals surface area contributed by atoms with Crippen LogP contribution in [0.1, 0.15) is 32.3 Å². The molecule has 1 aromatic heterocycles. The molecule has 0 saturated heterocycles. The summed E-state index contributed by atoms with van der Waals surface area (Å²) in [4.78, 5) is 11.5. The van der Waals surface area contributed by atoms with Crippen molar-refractivity contribution < 1.29 is 9.53 Å². The zero-order valence-corrected chi connectivity index (χ0v) is 15.2. The first-order chi connectivity index (χ1) is 11.6. The van der Waals surface area contributed by atoms with Gasteiger partial charge in [-0.05, 0) is 18.4 Å². The van der Waals surface area contributed by atoms with Crippen LogP contribution in [0.3, 0.4) is 0 Å². The van der Waals surface area contributed by atoms with E-state index in [1.807, 2.05) is 4.57 Å². The Bertz CT molecular complexity index is 693. The molecular weight excluding hydrogens is 322 g/mol. The molecule has 1 aromatic carbocycles. The molecule has 0 aliphatic rings. The zero-order valence-electron chi connectivity index (χ0n) is 14.4. The molecular formula is C18H23N3O2S. The molecule has 0 spiro atoms. The van der Waals surface area contributed by atoms with Gasteiger partial charge in [-0.3, -0.25) is 9.36 Å². The summed E-state index contributed by atoms with van der Waals surface area (Å²) in [5.41, 5.74) is 2.28. The van der Waals surface area contributed by atoms with Gasteiger partial charge in [-0.1, -0.05) is 56.0 Å². The normalized spacial score (nSPS) is 10.8. The highest BCUT2D eigenvalue weighted by atomic mass is 32.2. The molecule has 128 valence electrons. The van der Waals surface area contributed by atoms with Gasteiger partial charge >= 0.3 is 5.97 Å². The predicted molar refractivity (Wildman–Crippen MR) is 97.1 cm³/mol. The Morgan fingerprint density at radius 3 is 2.62 bits per heavy atom. The smallest absolute Gasteiger partial charge is 0.316 e. The first kappa shape index (κ1) is 18.3. The highest BCUT2D eigenvalue weighted by molar-refractivity contribution is 7.99. The topological polar surface area (TPSA) is 57.0 Å². The summed E-state index contributed by atoms with van der Waals surface area (Å²) in [6.07, 6.45) is 1.80. The van der Waals surface area contributed by atoms with E-state index in [0.29, 0.717) is 24.2 Å². The second kappa shape index (κ2) is 8.68. The van der Waals surface area contributed by atoms with Crippen LogP contribution < -0.4 is 0 Å². The fourth-order valence-electron chi connectivity index (χ4n) is 2.25. The van der Waals surface area contributed by atoms with Gasteiger partial charge in [0.2, 0.25) is 0 Å². The second-order valence-electron chi connectivity index (χ2n) is 5.58. The maximum atomic E-state index is 11.5. The Morgan fingerprint density at radius 1 is 1.33 bits per heavy atom. The first-order valence-electron chi connectivity index (χ1n) is 7.99. The summed E-state index contributed by atoms with van der Waals surface area (Å²) in [7, 11) is 0. The van der Waals surface area contributed by atoms with Gasteiger partial charge in [0.15, 0.2) is 11.0 Å². The Labute approximate surface area is 147 Å². The van der Waals surface area contributed by atoms with E-state index >= 15 is 0 Å². The van der Waals surface area contributed by atoms with Crippen LogP contribution in [0.5, 0.6) is 0 Å². The number of aromatic nitrogens is 3. The highest BCUT2D eigenvalue weighted by Crippen LogP contribution is 2.25. The molecule has 24 heavy (non-hydrogen) atoms. The summed E-state index contributed by atoms with van der Waals surface area (Å²) < 4.78 is 6.91. The molecule has 0 N–H and O–H groups in total. The molecule has 0 amide bonds. The van der Waals surface area contributed by atoms with E-state index in [4.69, 9.17) is 4.74 Å². The number of carbonyl (C=O) groups is 1. The molecule has 0 aliphatic carbocycles. The molecule has 0 bridgehead atoms. The number of nitrogens with zero attached hydrogens (tertiary/aromatic N) is 3. The van der Waals surface area contributed by atoms with Crippen molar-refractivity contribution in [3.8, 4) is 11.4 Å². The van der Waals surface area contributed by atoms with Gasteiger partial charge in [0, 0.05) is 12.1 Å². The number of thioether (sulfide) groups is 1. The monoisotopic (exact) mass is 345 g/mol. The van der Waals surface area contributed by atoms with Gasteiger partial charge in [0.1, 0.15) is 0 Å². The van der Waals surface area contributed by atoms with Crippen LogP contribution in [-0.2, 0) is 16.1 Å². The minimum Gasteiger partial charge on any atom is -0.465 e. The summed E-state index contributed by atoms with van der Waals surface area (Å²) in [6.45, 7) is 10.9. The third-order valence-corrected chi connectivity index (χ3v) is 4.43. The number of ether oxygens (including phenoxy) is 1. The van der Waals surface area contributed by atoms with Gasteiger partial charge in [-0.2, -0.15) is 0 Å². The van der Waals surface area contributed by atoms with Crippen LogP contribution in [0.2, 0.25) is 0 Å². The number of rotatable bonds is 8. The van der Waals surface area contributed by atoms with Crippen LogP contribution in [0.4, 0.5) is 0 Å². The van der Waals surface area contributed by atoms with E-state index in [9.17, 15) is 4.79 Å². The van der Waals surface area contributed by atoms with Gasteiger partial charge in [-0.25, -0.2) is 0 Å². The maximum absolute atomic E-state index is 11.5. The molecule has 0 saturated carbocycles. The van der Waals surface area contributed by atoms with E-state index in [2.05, 4.69) is 54.9 Å². The Hall–Kier alpha value is -2.08. The number of benzene rings is 1. The van der Waals surface area contributed by atoms with Crippen molar-refractivity contribution >= 4 is 17.7 Å². The SMILES string of the molecule is C=CCn1c(SCC(=O)OCC)nnc1-c1ccc(C(C)C)cc1. The van der Waals surface area contributed by atoms with Gasteiger partial charge < -0.3 is 4.74 Å². The average molecular weight is 345 g/mol. The van der Waals surface area contributed by atoms with Crippen LogP contribution in [-0.4, -0.2) is 33.1 Å². The molecule has 2 rings (SSSR count). The van der Waals surface area contributed by atoms with Crippen molar-refractivity contribution in [1.82, 2.24) is 14.8 Å². The lowest BCUT2D eigenvalue weighted by Gasteiger charge is -2.09. The van der Waals surface area contributed by atoms with Crippen LogP contribution in [0.15, 0.2) is 42.1 Å². The third kappa shape index (κ3) is 4.47. The molecule has 2 aromatic rings. The largest absolute Gasteiger partial charge is 0.465 e. The minimum absolute atomic E-state index is 0.218. The van der Waals surface area contributed by atoms with Gasteiger partial charge in [0.05, 0.1) is 12.4 Å². The lowest BCUT2D eigenvalue weighted by atomic mass is 10.0. The first-order valence-corrected chi connectivity index (χ1v) is 8.98. The third-order valence-electron chi connectivity index (χ3n) is 3.49. The summed E-state index contributed by atoms with van der Waals surface area (Å²) in [5, 5.41) is 9.20. The quantitative estimate of drug-likeness (QED) is 0.412. The number of hydrogen-bond donors (Lipinski definition) is 0. The minimum atomic E-state index is -0.251. The standard InChI is InChI=1S/C18H23N3O2S/c1-5-11-21-17(15-9-7-14(8-10-15)13(3)4)19-20-18(21)24-12-16(22)23-6-2/h5,7-10,13H,1,6,11-12H2,2-4H3. The van der Waals surface area contributed by atoms with Crippen molar-refractivity contribution in [2.24, 2.45) is 0 Å². The Kier molecular flexibility index (Phi) is 6.61. The van der Waals surface area contributed by atoms with Crippen molar-refractivity contribution in [1.29, 1.82) is 0 Å². The molecule has 6 heteroatoms. The molecule has 0 radical (unpaired) electrons. The van der Waals surface area contributed by atoms with Crippen molar-refractivity contribution in [2.75, 3.05) is 12.4 Å². The maximum Gasteiger partial charge on any atom is 0.316 e. The number of esters is 1. The molecule has 1 heterocycles. The Balaban J connectivity index is 2.23. The van der Waals surface area contributed by atoms with Crippen LogP contribution in [0, 0.1) is 0 Å². The number of hydrogen-bond acceptors (Lipinski definition) is 5. The lowest BCUT2D eigenvalue weighted by Crippen LogP contribution is -2.08. The van der Waals surface area contributed by atoms with E-state index in [1.165, 1.54) is 17.3 Å². The molecule has 5 nitrogen and oxygen atoms in total. The van der Waals surface area contributed by atoms with Crippen LogP contribution >= 0.6 is 11.8 Å². The highest BCUT2D eigenvalue weighted by Gasteiger charge is 2.15. The average Bonchev–Trinajstić information content (AvgIpc) is 2.96. The molecule has 0 aliphatic heterocycles. The summed E-state index contributed by atoms with van der Waals surface area (Å²) >= 11 is 1.33. The van der Waals surface area contributed by atoms with E-state index in [0.717, 1.165) is 11.4 Å². The predicted octanol–water partition coefficient (Wildman–Crippen LogP) is 3.91. The molecule has 0 unspecified atom stereocenters. The van der Waals surface area contributed by atoms with Gasteiger partial charge in [-0.15, -0.1) is 16.8 Å². The lowest BCUT2D eigenvalue weighted by molar-refractivity contribution is -0.139. The number of carbonyl (C=O) groups excluding carboxylic acids is 1. The van der Waals surface area contributed by atoms with Crippen molar-refractivity contribution in [3.63, 3.8) is 0 Å². The fourth-order valence-corrected chi connectivity index (χ4v) is 2.99. The summed E-state index contributed by atoms with van der Waals surface area (Å²) in [6, 6.07) is 8.33. The second-order valence-corrected chi connectivity index (χ2v) is 6.52. The fraction of sp³-hybridized carbons (Fsp3) is 0.389. The van der Waals surface area contributed by atoms with Crippen molar-refractivity contribution in [2.45, 2.75) is 38.4 Å². The van der Waals surface area contributed by atoms with Crippen LogP contribution in [0.25, 0.3) is 11.4 Å². The van der Waals surface area contributed by atoms with E-state index in [1.54, 1.807) is 13.0 Å². The molecule has 0 fully saturated rings. The van der Waals surface area contributed by atoms with Gasteiger partial charge in [0.25, 0.3) is 0 Å². The zero-order chi connectivity index (χ0) is 17.5. The number of allylic oxidation sites excluding steroid dienone is 1. The Morgan fingerprint density at radius 2 is 2.04 bits per heavy atom. The van der Waals surface area contributed by atoms with E-state index < -0.39 is 0 Å². The van der Waals surface area contributed by atoms with Crippen molar-refractivity contribution in [3.05, 3.63) is 42.5 Å². The van der Waals surface area contributed by atoms with E-state index in [-0.39, 0.29) is 11.7 Å². The summed E-state index contributed by atoms with van der Waals surface area (Å²) in [5.74, 6) is 1.23. The molecule has 0 atom stereocenters.